The third-order valence-corrected chi connectivity index (χ3v) is 6.50. The fraction of sp³-hybridized carbons (Fsp3) is 0.393. The van der Waals surface area contributed by atoms with Crippen LogP contribution in [0.15, 0.2) is 48.5 Å². The van der Waals surface area contributed by atoms with Gasteiger partial charge in [-0.15, -0.1) is 0 Å². The van der Waals surface area contributed by atoms with Crippen molar-refractivity contribution in [3.63, 3.8) is 0 Å². The van der Waals surface area contributed by atoms with Crippen LogP contribution in [0.3, 0.4) is 0 Å². The second kappa shape index (κ2) is 11.7. The van der Waals surface area contributed by atoms with Crippen LogP contribution in [0.5, 0.6) is 0 Å². The zero-order valence-corrected chi connectivity index (χ0v) is 20.7. The topological polar surface area (TPSA) is 125 Å². The molecule has 2 aromatic carbocycles. The number of nitrogens with zero attached hydrogens (tertiary/aromatic N) is 2. The van der Waals surface area contributed by atoms with Crippen LogP contribution in [0.25, 0.3) is 11.4 Å². The van der Waals surface area contributed by atoms with Crippen molar-refractivity contribution in [2.45, 2.75) is 70.2 Å². The van der Waals surface area contributed by atoms with Crippen LogP contribution in [0, 0.1) is 12.7 Å². The van der Waals surface area contributed by atoms with Crippen LogP contribution in [-0.2, 0) is 17.9 Å². The number of aliphatic hydroxyl groups is 2. The van der Waals surface area contributed by atoms with E-state index in [9.17, 15) is 24.2 Å². The molecule has 1 aliphatic carbocycles. The van der Waals surface area contributed by atoms with Crippen LogP contribution in [0.4, 0.5) is 4.39 Å². The average Bonchev–Trinajstić information content (AvgIpc) is 3.62. The highest BCUT2D eigenvalue weighted by atomic mass is 19.1. The normalized spacial score (nSPS) is 14.8. The summed E-state index contributed by atoms with van der Waals surface area (Å²) in [4.78, 5) is 28.8. The number of nitrogens with one attached hydrogen (secondary N) is 1. The number of hydrogen-bond donors (Lipinski definition) is 4. The molecular weight excluding hydrogens is 477 g/mol. The summed E-state index contributed by atoms with van der Waals surface area (Å²) < 4.78 is 15.5. The molecule has 2 atom stereocenters. The van der Waals surface area contributed by atoms with Gasteiger partial charge in [-0.25, -0.2) is 9.37 Å². The van der Waals surface area contributed by atoms with Gasteiger partial charge in [0.1, 0.15) is 17.3 Å². The van der Waals surface area contributed by atoms with Gasteiger partial charge in [0.25, 0.3) is 5.91 Å². The fourth-order valence-corrected chi connectivity index (χ4v) is 4.42. The summed E-state index contributed by atoms with van der Waals surface area (Å²) in [5.41, 5.74) is 3.83. The van der Waals surface area contributed by atoms with Gasteiger partial charge in [0.05, 0.1) is 24.3 Å². The predicted molar refractivity (Wildman–Crippen MR) is 135 cm³/mol. The highest BCUT2D eigenvalue weighted by Crippen LogP contribution is 2.43. The monoisotopic (exact) mass is 509 g/mol. The molecule has 1 heterocycles. The maximum Gasteiger partial charge on any atom is 0.305 e. The smallest absolute Gasteiger partial charge is 0.305 e. The van der Waals surface area contributed by atoms with E-state index in [1.807, 2.05) is 35.8 Å². The maximum atomic E-state index is 13.6. The SMILES string of the molecule is Cc1ccc(CNC(=O)c2nc(-c3ccc(F)cc3)n(CC[C@@H](O)C[C@@H](O)CC(=O)O)c2C2CC2)cc1. The number of carbonyl (C=O) groups excluding carboxylic acids is 1. The summed E-state index contributed by atoms with van der Waals surface area (Å²) in [6.07, 6.45) is -0.566. The molecule has 0 saturated heterocycles. The molecule has 4 rings (SSSR count). The number of carboxylic acid groups (broad SMARTS) is 1. The van der Waals surface area contributed by atoms with E-state index in [1.165, 1.54) is 12.1 Å². The summed E-state index contributed by atoms with van der Waals surface area (Å²) >= 11 is 0. The van der Waals surface area contributed by atoms with Gasteiger partial charge in [0.2, 0.25) is 0 Å². The second-order valence-corrected chi connectivity index (χ2v) is 9.70. The van der Waals surface area contributed by atoms with Gasteiger partial charge in [-0.3, -0.25) is 9.59 Å². The van der Waals surface area contributed by atoms with Crippen molar-refractivity contribution in [1.29, 1.82) is 0 Å². The lowest BCUT2D eigenvalue weighted by Crippen LogP contribution is -2.25. The lowest BCUT2D eigenvalue weighted by Gasteiger charge is -2.17. The van der Waals surface area contributed by atoms with E-state index in [1.54, 1.807) is 12.1 Å². The largest absolute Gasteiger partial charge is 0.481 e. The van der Waals surface area contributed by atoms with E-state index >= 15 is 0 Å². The molecule has 0 spiro atoms. The Morgan fingerprint density at radius 3 is 2.38 bits per heavy atom. The summed E-state index contributed by atoms with van der Waals surface area (Å²) in [6, 6.07) is 13.8. The lowest BCUT2D eigenvalue weighted by molar-refractivity contribution is -0.139. The summed E-state index contributed by atoms with van der Waals surface area (Å²) in [7, 11) is 0. The second-order valence-electron chi connectivity index (χ2n) is 9.70. The molecule has 1 fully saturated rings. The molecule has 9 heteroatoms. The highest BCUT2D eigenvalue weighted by Gasteiger charge is 2.35. The fourth-order valence-electron chi connectivity index (χ4n) is 4.42. The Morgan fingerprint density at radius 1 is 1.08 bits per heavy atom. The zero-order valence-electron chi connectivity index (χ0n) is 20.7. The van der Waals surface area contributed by atoms with Gasteiger partial charge >= 0.3 is 5.97 Å². The Bertz CT molecular complexity index is 1240. The first-order chi connectivity index (χ1) is 17.7. The van der Waals surface area contributed by atoms with Gasteiger partial charge in [-0.1, -0.05) is 29.8 Å². The van der Waals surface area contributed by atoms with Crippen molar-refractivity contribution in [1.82, 2.24) is 14.9 Å². The van der Waals surface area contributed by atoms with Crippen molar-refractivity contribution in [3.05, 3.63) is 76.9 Å². The molecule has 8 nitrogen and oxygen atoms in total. The number of imidazole rings is 1. The number of halogens is 1. The highest BCUT2D eigenvalue weighted by molar-refractivity contribution is 5.94. The molecule has 196 valence electrons. The Labute approximate surface area is 214 Å². The van der Waals surface area contributed by atoms with E-state index in [4.69, 9.17) is 10.1 Å². The average molecular weight is 510 g/mol. The minimum absolute atomic E-state index is 0.0739. The third kappa shape index (κ3) is 7.02. The first-order valence-electron chi connectivity index (χ1n) is 12.5. The van der Waals surface area contributed by atoms with Crippen molar-refractivity contribution in [2.75, 3.05) is 0 Å². The first-order valence-corrected chi connectivity index (χ1v) is 12.5. The Morgan fingerprint density at radius 2 is 1.76 bits per heavy atom. The molecule has 0 unspecified atom stereocenters. The molecule has 4 N–H and O–H groups in total. The minimum Gasteiger partial charge on any atom is -0.481 e. The number of aryl methyl sites for hydroxylation is 1. The van der Waals surface area contributed by atoms with Crippen molar-refractivity contribution in [3.8, 4) is 11.4 Å². The molecule has 37 heavy (non-hydrogen) atoms. The number of carboxylic acids is 1. The molecule has 1 aromatic heterocycles. The van der Waals surface area contributed by atoms with Gasteiger partial charge in [-0.2, -0.15) is 0 Å². The molecule has 0 bridgehead atoms. The Kier molecular flexibility index (Phi) is 8.35. The van der Waals surface area contributed by atoms with Crippen LogP contribution in [0.2, 0.25) is 0 Å². The molecule has 0 radical (unpaired) electrons. The number of rotatable bonds is 12. The maximum absolute atomic E-state index is 13.6. The van der Waals surface area contributed by atoms with Crippen LogP contribution in [-0.4, -0.2) is 49.0 Å². The summed E-state index contributed by atoms with van der Waals surface area (Å²) in [5, 5.41) is 32.2. The van der Waals surface area contributed by atoms with E-state index in [0.717, 1.165) is 29.7 Å². The number of amides is 1. The van der Waals surface area contributed by atoms with Gasteiger partial charge in [0, 0.05) is 24.6 Å². The summed E-state index contributed by atoms with van der Waals surface area (Å²) in [6.45, 7) is 2.65. The molecule has 3 aromatic rings. The third-order valence-electron chi connectivity index (χ3n) is 6.50. The molecule has 1 saturated carbocycles. The van der Waals surface area contributed by atoms with Gasteiger partial charge in [0.15, 0.2) is 0 Å². The number of benzene rings is 2. The van der Waals surface area contributed by atoms with Crippen molar-refractivity contribution < 1.29 is 29.3 Å². The van der Waals surface area contributed by atoms with Gasteiger partial charge in [-0.05, 0) is 62.4 Å². The van der Waals surface area contributed by atoms with E-state index in [2.05, 4.69) is 5.32 Å². The van der Waals surface area contributed by atoms with Gasteiger partial charge < -0.3 is 25.2 Å². The number of aromatic nitrogens is 2. The minimum atomic E-state index is -1.15. The molecular formula is C28H32FN3O5. The summed E-state index contributed by atoms with van der Waals surface area (Å²) in [5.74, 6) is -1.17. The number of carbonyl (C=O) groups is 2. The van der Waals surface area contributed by atoms with Crippen LogP contribution in [0.1, 0.15) is 65.3 Å². The quantitative estimate of drug-likeness (QED) is 0.295. The van der Waals surface area contributed by atoms with E-state index < -0.39 is 24.6 Å². The van der Waals surface area contributed by atoms with E-state index in [0.29, 0.717) is 30.2 Å². The standard InChI is InChI=1S/C28H32FN3O5/c1-17-2-4-18(5-3-17)16-30-28(37)25-26(19-6-7-19)32(13-12-22(33)14-23(34)15-24(35)36)27(31-25)20-8-10-21(29)11-9-20/h2-5,8-11,19,22-23,33-34H,6-7,12-16H2,1H3,(H,30,37)(H,35,36)/t22-,23-/m1/s1. The number of aliphatic hydroxyl groups excluding tert-OH is 2. The Balaban J connectivity index is 1.59. The van der Waals surface area contributed by atoms with Crippen LogP contribution < -0.4 is 5.32 Å². The van der Waals surface area contributed by atoms with Crippen molar-refractivity contribution >= 4 is 11.9 Å². The Hall–Kier alpha value is -3.56. The zero-order chi connectivity index (χ0) is 26.5. The molecule has 0 aliphatic heterocycles. The molecule has 1 amide bonds. The van der Waals surface area contributed by atoms with Crippen molar-refractivity contribution in [2.24, 2.45) is 0 Å². The molecule has 1 aliphatic rings. The van der Waals surface area contributed by atoms with E-state index in [-0.39, 0.29) is 30.5 Å². The lowest BCUT2D eigenvalue weighted by atomic mass is 10.1. The number of hydrogen-bond acceptors (Lipinski definition) is 5. The number of aliphatic carboxylic acids is 1. The predicted octanol–water partition coefficient (Wildman–Crippen LogP) is 3.78. The van der Waals surface area contributed by atoms with Crippen LogP contribution >= 0.6 is 0 Å². The first kappa shape index (κ1) is 26.5.